The summed E-state index contributed by atoms with van der Waals surface area (Å²) in [7, 11) is 0. The minimum absolute atomic E-state index is 0.0473. The molecule has 0 spiro atoms. The molecule has 0 atom stereocenters. The van der Waals surface area contributed by atoms with Gasteiger partial charge in [-0.05, 0) is 54.8 Å². The number of halogens is 3. The number of rotatable bonds is 6. The van der Waals surface area contributed by atoms with E-state index in [1.807, 2.05) is 0 Å². The van der Waals surface area contributed by atoms with Crippen LogP contribution in [0, 0.1) is 16.7 Å². The lowest BCUT2D eigenvalue weighted by atomic mass is 9.78. The fourth-order valence-corrected chi connectivity index (χ4v) is 2.79. The lowest BCUT2D eigenvalue weighted by molar-refractivity contribution is -0.0321. The molecule has 2 nitrogen and oxygen atoms in total. The number of nitrogens with zero attached hydrogens (tertiary/aromatic N) is 2. The lowest BCUT2D eigenvalue weighted by Crippen LogP contribution is -2.39. The number of thioether (sulfide) groups is 1. The highest BCUT2D eigenvalue weighted by molar-refractivity contribution is 8.04. The van der Waals surface area contributed by atoms with Crippen molar-refractivity contribution in [3.63, 3.8) is 0 Å². The summed E-state index contributed by atoms with van der Waals surface area (Å²) in [4.78, 5) is 2.17. The second-order valence-corrected chi connectivity index (χ2v) is 7.12. The monoisotopic (exact) mass is 330 g/mol. The highest BCUT2D eigenvalue weighted by Gasteiger charge is 2.30. The summed E-state index contributed by atoms with van der Waals surface area (Å²) in [6, 6.07) is 2.23. The Morgan fingerprint density at radius 2 is 1.91 bits per heavy atom. The molecule has 1 heterocycles. The normalized spacial score (nSPS) is 19.0. The maximum Gasteiger partial charge on any atom is 0.446 e. The van der Waals surface area contributed by atoms with Crippen molar-refractivity contribution in [3.05, 3.63) is 35.8 Å². The van der Waals surface area contributed by atoms with Crippen molar-refractivity contribution in [1.82, 2.24) is 4.90 Å². The minimum atomic E-state index is -4.30. The van der Waals surface area contributed by atoms with Crippen molar-refractivity contribution in [2.45, 2.75) is 31.7 Å². The Morgan fingerprint density at radius 1 is 1.32 bits per heavy atom. The van der Waals surface area contributed by atoms with Crippen LogP contribution in [0.2, 0.25) is 0 Å². The van der Waals surface area contributed by atoms with E-state index in [-0.39, 0.29) is 22.1 Å². The fourth-order valence-electron chi connectivity index (χ4n) is 2.35. The summed E-state index contributed by atoms with van der Waals surface area (Å²) in [6.45, 7) is 11.8. The van der Waals surface area contributed by atoms with E-state index in [9.17, 15) is 13.2 Å². The van der Waals surface area contributed by atoms with Crippen molar-refractivity contribution >= 4 is 11.8 Å². The Kier molecular flexibility index (Phi) is 6.76. The Morgan fingerprint density at radius 3 is 2.41 bits per heavy atom. The van der Waals surface area contributed by atoms with Gasteiger partial charge in [-0.3, -0.25) is 4.90 Å². The molecule has 1 fully saturated rings. The molecule has 1 rings (SSSR count). The van der Waals surface area contributed by atoms with Crippen molar-refractivity contribution in [1.29, 1.82) is 5.26 Å². The van der Waals surface area contributed by atoms with Gasteiger partial charge in [-0.2, -0.15) is 18.4 Å². The van der Waals surface area contributed by atoms with Crippen molar-refractivity contribution in [2.24, 2.45) is 5.41 Å². The van der Waals surface area contributed by atoms with Gasteiger partial charge in [0.25, 0.3) is 0 Å². The molecule has 0 unspecified atom stereocenters. The number of nitriles is 1. The summed E-state index contributed by atoms with van der Waals surface area (Å²) in [5.74, 6) is 0. The average molecular weight is 330 g/mol. The van der Waals surface area contributed by atoms with E-state index in [0.717, 1.165) is 31.5 Å². The lowest BCUT2D eigenvalue weighted by Gasteiger charge is -2.38. The maximum absolute atomic E-state index is 12.2. The minimum Gasteiger partial charge on any atom is -0.299 e. The molecule has 1 saturated heterocycles. The molecule has 0 aliphatic carbocycles. The number of piperidine rings is 1. The number of alkyl halides is 3. The first-order valence-corrected chi connectivity index (χ1v) is 7.85. The second-order valence-electron chi connectivity index (χ2n) is 5.93. The van der Waals surface area contributed by atoms with Gasteiger partial charge in [-0.25, -0.2) is 0 Å². The summed E-state index contributed by atoms with van der Waals surface area (Å²) < 4.78 is 36.5. The molecule has 0 aromatic rings. The zero-order valence-corrected chi connectivity index (χ0v) is 13.6. The third-order valence-corrected chi connectivity index (χ3v) is 4.38. The van der Waals surface area contributed by atoms with E-state index in [4.69, 9.17) is 5.26 Å². The molecule has 1 aliphatic heterocycles. The molecule has 0 amide bonds. The van der Waals surface area contributed by atoms with Gasteiger partial charge in [0, 0.05) is 17.9 Å². The average Bonchev–Trinajstić information content (AvgIpc) is 2.38. The van der Waals surface area contributed by atoms with E-state index < -0.39 is 5.51 Å². The van der Waals surface area contributed by atoms with E-state index in [1.165, 1.54) is 6.08 Å². The van der Waals surface area contributed by atoms with E-state index >= 15 is 0 Å². The van der Waals surface area contributed by atoms with Crippen molar-refractivity contribution < 1.29 is 13.2 Å². The first-order chi connectivity index (χ1) is 10.1. The molecule has 0 N–H and O–H groups in total. The molecule has 0 radical (unpaired) electrons. The van der Waals surface area contributed by atoms with Crippen LogP contribution in [0.15, 0.2) is 35.8 Å². The van der Waals surface area contributed by atoms with Gasteiger partial charge in [-0.15, -0.1) is 0 Å². The standard InChI is InChI=1S/C16H21F3N2S/c1-13(4-5-14(2)22-16(17,18)19)12-21-10-7-15(3,6-9-20)8-11-21/h4-5H,1-2,6-8,10-12H2,3H3/b5-4-. The van der Waals surface area contributed by atoms with E-state index in [2.05, 4.69) is 31.1 Å². The Balaban J connectivity index is 2.38. The molecule has 1 aliphatic rings. The number of hydrogen-bond donors (Lipinski definition) is 0. The quantitative estimate of drug-likeness (QED) is 0.649. The summed E-state index contributed by atoms with van der Waals surface area (Å²) in [5, 5.41) is 8.82. The molecule has 0 aromatic heterocycles. The molecule has 122 valence electrons. The number of allylic oxidation sites excluding steroid dienone is 1. The number of hydrogen-bond acceptors (Lipinski definition) is 3. The zero-order chi connectivity index (χ0) is 16.8. The maximum atomic E-state index is 12.2. The third-order valence-electron chi connectivity index (χ3n) is 3.75. The van der Waals surface area contributed by atoms with E-state index in [0.29, 0.717) is 13.0 Å². The molecule has 22 heavy (non-hydrogen) atoms. The van der Waals surface area contributed by atoms with Crippen LogP contribution in [0.1, 0.15) is 26.2 Å². The molecule has 0 aromatic carbocycles. The molecule has 6 heteroatoms. The summed E-state index contributed by atoms with van der Waals surface area (Å²) in [5.41, 5.74) is -3.46. The van der Waals surface area contributed by atoms with Gasteiger partial charge in [0.15, 0.2) is 0 Å². The Bertz CT molecular complexity index is 481. The van der Waals surface area contributed by atoms with Gasteiger partial charge in [0.05, 0.1) is 6.07 Å². The van der Waals surface area contributed by atoms with Crippen LogP contribution >= 0.6 is 11.8 Å². The van der Waals surface area contributed by atoms with Crippen molar-refractivity contribution in [2.75, 3.05) is 19.6 Å². The van der Waals surface area contributed by atoms with Crippen LogP contribution in [0.4, 0.5) is 13.2 Å². The first kappa shape index (κ1) is 18.9. The highest BCUT2D eigenvalue weighted by Crippen LogP contribution is 2.36. The summed E-state index contributed by atoms with van der Waals surface area (Å²) in [6.07, 6.45) is 5.41. The van der Waals surface area contributed by atoms with Crippen LogP contribution < -0.4 is 0 Å². The van der Waals surface area contributed by atoms with Gasteiger partial charge in [-0.1, -0.05) is 26.2 Å². The smallest absolute Gasteiger partial charge is 0.299 e. The molecular formula is C16H21F3N2S. The van der Waals surface area contributed by atoms with Crippen LogP contribution in [-0.4, -0.2) is 30.0 Å². The second kappa shape index (κ2) is 7.89. The van der Waals surface area contributed by atoms with Gasteiger partial charge < -0.3 is 0 Å². The Labute approximate surface area is 134 Å². The van der Waals surface area contributed by atoms with Gasteiger partial charge in [0.2, 0.25) is 0 Å². The fraction of sp³-hybridized carbons (Fsp3) is 0.562. The summed E-state index contributed by atoms with van der Waals surface area (Å²) >= 11 is -0.217. The van der Waals surface area contributed by atoms with Crippen LogP contribution in [0.5, 0.6) is 0 Å². The van der Waals surface area contributed by atoms with Gasteiger partial charge >= 0.3 is 5.51 Å². The van der Waals surface area contributed by atoms with Crippen LogP contribution in [-0.2, 0) is 0 Å². The van der Waals surface area contributed by atoms with Gasteiger partial charge in [0.1, 0.15) is 0 Å². The van der Waals surface area contributed by atoms with Crippen LogP contribution in [0.25, 0.3) is 0 Å². The highest BCUT2D eigenvalue weighted by atomic mass is 32.2. The Hall–Kier alpha value is -1.19. The number of likely N-dealkylation sites (tertiary alicyclic amines) is 1. The third kappa shape index (κ3) is 7.19. The largest absolute Gasteiger partial charge is 0.446 e. The van der Waals surface area contributed by atoms with E-state index in [1.54, 1.807) is 6.08 Å². The molecule has 0 saturated carbocycles. The molecular weight excluding hydrogens is 309 g/mol. The first-order valence-electron chi connectivity index (χ1n) is 7.03. The zero-order valence-electron chi connectivity index (χ0n) is 12.7. The van der Waals surface area contributed by atoms with Crippen molar-refractivity contribution in [3.8, 4) is 6.07 Å². The topological polar surface area (TPSA) is 27.0 Å². The SMILES string of the molecule is C=C(/C=C\C(=C)SC(F)(F)F)CN1CCC(C)(CC#N)CC1. The molecule has 0 bridgehead atoms. The predicted molar refractivity (Wildman–Crippen MR) is 85.1 cm³/mol. The van der Waals surface area contributed by atoms with Crippen LogP contribution in [0.3, 0.4) is 0 Å². The predicted octanol–water partition coefficient (Wildman–Crippen LogP) is 4.88.